The molecule has 0 saturated carbocycles. The summed E-state index contributed by atoms with van der Waals surface area (Å²) < 4.78 is 10.8. The van der Waals surface area contributed by atoms with Gasteiger partial charge in [0.25, 0.3) is 5.22 Å². The maximum atomic E-state index is 12.0. The number of nitrogens with one attached hydrogen (secondary N) is 1. The van der Waals surface area contributed by atoms with Crippen molar-refractivity contribution in [3.8, 4) is 5.75 Å². The summed E-state index contributed by atoms with van der Waals surface area (Å²) in [6.45, 7) is 0. The van der Waals surface area contributed by atoms with Crippen molar-refractivity contribution in [2.24, 2.45) is 0 Å². The van der Waals surface area contributed by atoms with Gasteiger partial charge in [0.05, 0.1) is 18.6 Å². The number of hydrogen-bond donors (Lipinski definition) is 1. The number of hydrogen-bond acceptors (Lipinski definition) is 5. The minimum Gasteiger partial charge on any atom is -0.495 e. The van der Waals surface area contributed by atoms with E-state index >= 15 is 0 Å². The zero-order valence-electron chi connectivity index (χ0n) is 12.2. The van der Waals surface area contributed by atoms with E-state index in [0.29, 0.717) is 32.8 Å². The van der Waals surface area contributed by atoms with Gasteiger partial charge < -0.3 is 14.5 Å². The number of anilines is 1. The highest BCUT2D eigenvalue weighted by molar-refractivity contribution is 7.99. The topological polar surface area (TPSA) is 64.4 Å². The maximum absolute atomic E-state index is 12.0. The van der Waals surface area contributed by atoms with Crippen molar-refractivity contribution in [3.63, 3.8) is 0 Å². The lowest BCUT2D eigenvalue weighted by Gasteiger charge is -2.08. The van der Waals surface area contributed by atoms with E-state index in [4.69, 9.17) is 20.8 Å². The summed E-state index contributed by atoms with van der Waals surface area (Å²) in [5, 5.41) is 3.81. The number of carbonyl (C=O) groups is 1. The van der Waals surface area contributed by atoms with Gasteiger partial charge in [0.2, 0.25) is 5.91 Å². The minimum atomic E-state index is -0.167. The molecule has 1 amide bonds. The van der Waals surface area contributed by atoms with E-state index in [1.807, 2.05) is 12.1 Å². The lowest BCUT2D eigenvalue weighted by atomic mass is 10.3. The molecule has 0 atom stereocenters. The predicted molar refractivity (Wildman–Crippen MR) is 91.4 cm³/mol. The highest BCUT2D eigenvalue weighted by atomic mass is 35.5. The second-order valence-corrected chi connectivity index (χ2v) is 5.99. The molecule has 0 aliphatic carbocycles. The van der Waals surface area contributed by atoms with Gasteiger partial charge in [-0.15, -0.1) is 0 Å². The summed E-state index contributed by atoms with van der Waals surface area (Å²) in [5.74, 6) is 0.626. The third-order valence-corrected chi connectivity index (χ3v) is 4.10. The molecule has 3 aromatic rings. The van der Waals surface area contributed by atoms with E-state index in [-0.39, 0.29) is 11.7 Å². The van der Waals surface area contributed by atoms with Crippen LogP contribution in [0.4, 0.5) is 5.69 Å². The second-order valence-electron chi connectivity index (χ2n) is 4.63. The van der Waals surface area contributed by atoms with E-state index in [2.05, 4.69) is 10.3 Å². The number of ether oxygens (including phenoxy) is 1. The molecule has 118 valence electrons. The van der Waals surface area contributed by atoms with Crippen LogP contribution in [0.1, 0.15) is 0 Å². The summed E-state index contributed by atoms with van der Waals surface area (Å²) in [6, 6.07) is 12.5. The average Bonchev–Trinajstić information content (AvgIpc) is 2.95. The molecule has 2 aromatic carbocycles. The smallest absolute Gasteiger partial charge is 0.257 e. The molecule has 0 unspecified atom stereocenters. The first kappa shape index (κ1) is 15.7. The zero-order valence-corrected chi connectivity index (χ0v) is 13.8. The van der Waals surface area contributed by atoms with Gasteiger partial charge in [-0.2, -0.15) is 0 Å². The van der Waals surface area contributed by atoms with Gasteiger partial charge in [-0.1, -0.05) is 35.5 Å². The number of para-hydroxylation sites is 2. The van der Waals surface area contributed by atoms with Gasteiger partial charge in [-0.25, -0.2) is 4.98 Å². The van der Waals surface area contributed by atoms with Crippen LogP contribution in [-0.2, 0) is 4.79 Å². The Kier molecular flexibility index (Phi) is 4.73. The molecule has 23 heavy (non-hydrogen) atoms. The molecule has 0 spiro atoms. The number of amides is 1. The van der Waals surface area contributed by atoms with Crippen molar-refractivity contribution >= 4 is 46.1 Å². The number of halogens is 1. The molecular weight excluding hydrogens is 336 g/mol. The number of fused-ring (bicyclic) bond motifs is 1. The molecule has 0 bridgehead atoms. The normalized spacial score (nSPS) is 10.7. The van der Waals surface area contributed by atoms with E-state index in [0.717, 1.165) is 0 Å². The Morgan fingerprint density at radius 1 is 1.35 bits per heavy atom. The molecule has 1 aromatic heterocycles. The standard InChI is InChI=1S/C16H13ClN2O3S/c1-21-13-5-3-2-4-11(13)18-15(20)9-23-16-19-12-7-6-10(17)8-14(12)22-16/h2-8H,9H2,1H3,(H,18,20). The van der Waals surface area contributed by atoms with E-state index < -0.39 is 0 Å². The number of aromatic nitrogens is 1. The third kappa shape index (κ3) is 3.78. The van der Waals surface area contributed by atoms with Crippen molar-refractivity contribution in [2.75, 3.05) is 18.2 Å². The molecule has 0 fully saturated rings. The van der Waals surface area contributed by atoms with Crippen LogP contribution >= 0.6 is 23.4 Å². The van der Waals surface area contributed by atoms with Crippen molar-refractivity contribution in [1.29, 1.82) is 0 Å². The van der Waals surface area contributed by atoms with Gasteiger partial charge in [0.1, 0.15) is 11.3 Å². The number of rotatable bonds is 5. The van der Waals surface area contributed by atoms with Crippen LogP contribution in [0.15, 0.2) is 52.1 Å². The zero-order chi connectivity index (χ0) is 16.2. The quantitative estimate of drug-likeness (QED) is 0.699. The Balaban J connectivity index is 1.63. The fourth-order valence-corrected chi connectivity index (χ4v) is 2.80. The molecule has 1 N–H and O–H groups in total. The van der Waals surface area contributed by atoms with Crippen molar-refractivity contribution < 1.29 is 13.9 Å². The summed E-state index contributed by atoms with van der Waals surface area (Å²) in [7, 11) is 1.56. The maximum Gasteiger partial charge on any atom is 0.257 e. The number of thioether (sulfide) groups is 1. The van der Waals surface area contributed by atoms with Crippen LogP contribution in [-0.4, -0.2) is 23.8 Å². The Bertz CT molecular complexity index is 850. The lowest BCUT2D eigenvalue weighted by Crippen LogP contribution is -2.14. The number of carbonyl (C=O) groups excluding carboxylic acids is 1. The van der Waals surface area contributed by atoms with Crippen LogP contribution in [0.25, 0.3) is 11.1 Å². The minimum absolute atomic E-state index is 0.167. The van der Waals surface area contributed by atoms with Crippen LogP contribution in [0, 0.1) is 0 Å². The van der Waals surface area contributed by atoms with Gasteiger partial charge in [0, 0.05) is 11.1 Å². The van der Waals surface area contributed by atoms with Crippen molar-refractivity contribution in [3.05, 3.63) is 47.5 Å². The molecule has 0 radical (unpaired) electrons. The van der Waals surface area contributed by atoms with Crippen LogP contribution < -0.4 is 10.1 Å². The predicted octanol–water partition coefficient (Wildman–Crippen LogP) is 4.22. The first-order chi connectivity index (χ1) is 11.2. The Morgan fingerprint density at radius 3 is 3.00 bits per heavy atom. The number of oxazole rings is 1. The van der Waals surface area contributed by atoms with E-state index in [1.54, 1.807) is 37.4 Å². The van der Waals surface area contributed by atoms with Crippen LogP contribution in [0.2, 0.25) is 5.02 Å². The number of methoxy groups -OCH3 is 1. The molecule has 0 aliphatic rings. The Hall–Kier alpha value is -2.18. The van der Waals surface area contributed by atoms with Crippen molar-refractivity contribution in [2.45, 2.75) is 5.22 Å². The largest absolute Gasteiger partial charge is 0.495 e. The number of benzene rings is 2. The summed E-state index contributed by atoms with van der Waals surface area (Å²) in [6.07, 6.45) is 0. The fraction of sp³-hybridized carbons (Fsp3) is 0.125. The van der Waals surface area contributed by atoms with E-state index in [1.165, 1.54) is 11.8 Å². The monoisotopic (exact) mass is 348 g/mol. The van der Waals surface area contributed by atoms with Gasteiger partial charge in [-0.05, 0) is 24.3 Å². The van der Waals surface area contributed by atoms with Gasteiger partial charge >= 0.3 is 0 Å². The number of nitrogens with zero attached hydrogens (tertiary/aromatic N) is 1. The summed E-state index contributed by atoms with van der Waals surface area (Å²) in [5.41, 5.74) is 1.94. The lowest BCUT2D eigenvalue weighted by molar-refractivity contribution is -0.113. The SMILES string of the molecule is COc1ccccc1NC(=O)CSc1nc2ccc(Cl)cc2o1. The fourth-order valence-electron chi connectivity index (χ4n) is 2.00. The second kappa shape index (κ2) is 6.93. The molecular formula is C16H13ClN2O3S. The molecule has 7 heteroatoms. The molecule has 0 saturated heterocycles. The van der Waals surface area contributed by atoms with Gasteiger partial charge in [-0.3, -0.25) is 4.79 Å². The summed E-state index contributed by atoms with van der Waals surface area (Å²) >= 11 is 7.12. The highest BCUT2D eigenvalue weighted by Crippen LogP contribution is 2.27. The Morgan fingerprint density at radius 2 is 2.17 bits per heavy atom. The van der Waals surface area contributed by atoms with Crippen molar-refractivity contribution in [1.82, 2.24) is 4.98 Å². The first-order valence-corrected chi connectivity index (χ1v) is 8.14. The van der Waals surface area contributed by atoms with E-state index in [9.17, 15) is 4.79 Å². The highest BCUT2D eigenvalue weighted by Gasteiger charge is 2.11. The summed E-state index contributed by atoms with van der Waals surface area (Å²) in [4.78, 5) is 16.3. The molecule has 1 heterocycles. The first-order valence-electron chi connectivity index (χ1n) is 6.77. The van der Waals surface area contributed by atoms with Gasteiger partial charge in [0.15, 0.2) is 5.58 Å². The molecule has 0 aliphatic heterocycles. The average molecular weight is 349 g/mol. The van der Waals surface area contributed by atoms with Crippen LogP contribution in [0.3, 0.4) is 0 Å². The Labute approximate surface area is 142 Å². The molecule has 5 nitrogen and oxygen atoms in total. The van der Waals surface area contributed by atoms with Crippen LogP contribution in [0.5, 0.6) is 5.75 Å². The molecule has 3 rings (SSSR count). The third-order valence-electron chi connectivity index (χ3n) is 3.04.